The molecule has 0 bridgehead atoms. The summed E-state index contributed by atoms with van der Waals surface area (Å²) in [6, 6.07) is 9.12. The Balaban J connectivity index is 1.77. The second kappa shape index (κ2) is 8.33. The van der Waals surface area contributed by atoms with E-state index in [2.05, 4.69) is 22.9 Å². The zero-order chi connectivity index (χ0) is 20.3. The lowest BCUT2D eigenvalue weighted by atomic mass is 9.79. The van der Waals surface area contributed by atoms with E-state index in [0.717, 1.165) is 24.5 Å². The van der Waals surface area contributed by atoms with Gasteiger partial charge < -0.3 is 4.74 Å². The molecule has 0 aliphatic heterocycles. The number of hydrogen-bond donors (Lipinski definition) is 0. The summed E-state index contributed by atoms with van der Waals surface area (Å²) in [5.74, 6) is -3.86. The molecule has 1 aliphatic carbocycles. The molecule has 0 spiro atoms. The molecule has 1 unspecified atom stereocenters. The zero-order valence-electron chi connectivity index (χ0n) is 15.5. The topological polar surface area (TPSA) is 9.23 Å². The van der Waals surface area contributed by atoms with Gasteiger partial charge in [-0.3, -0.25) is 0 Å². The molecule has 150 valence electrons. The molecule has 0 aromatic heterocycles. The van der Waals surface area contributed by atoms with E-state index >= 15 is 0 Å². The second-order valence-electron chi connectivity index (χ2n) is 6.98. The number of hydrogen-bond acceptors (Lipinski definition) is 1. The summed E-state index contributed by atoms with van der Waals surface area (Å²) < 4.78 is 69.1. The Labute approximate surface area is 160 Å². The first kappa shape index (κ1) is 20.4. The number of aryl methyl sites for hydroxylation is 1. The van der Waals surface area contributed by atoms with Gasteiger partial charge in [0.15, 0.2) is 11.6 Å². The third-order valence-electron chi connectivity index (χ3n) is 5.08. The fourth-order valence-corrected chi connectivity index (χ4v) is 3.69. The minimum atomic E-state index is -5.14. The largest absolute Gasteiger partial charge is 0.573 e. The SMILES string of the molecule is C/C=C/CCc1ccc(C2CCc3c(cc(F)c(OC(F)(F)F)c3F)C2)cc1. The molecule has 0 heterocycles. The molecule has 28 heavy (non-hydrogen) atoms. The van der Waals surface area contributed by atoms with Crippen molar-refractivity contribution in [3.05, 3.63) is 76.4 Å². The summed E-state index contributed by atoms with van der Waals surface area (Å²) in [5, 5.41) is 0. The number of allylic oxidation sites excluding steroid dienone is 2. The molecule has 0 saturated heterocycles. The maximum absolute atomic E-state index is 14.4. The summed E-state index contributed by atoms with van der Waals surface area (Å²) in [5.41, 5.74) is 2.79. The van der Waals surface area contributed by atoms with Crippen molar-refractivity contribution in [2.75, 3.05) is 0 Å². The number of benzene rings is 2. The van der Waals surface area contributed by atoms with Crippen molar-refractivity contribution in [1.82, 2.24) is 0 Å². The van der Waals surface area contributed by atoms with E-state index in [0.29, 0.717) is 18.4 Å². The van der Waals surface area contributed by atoms with E-state index < -0.39 is 23.7 Å². The van der Waals surface area contributed by atoms with Gasteiger partial charge >= 0.3 is 6.36 Å². The first-order valence-corrected chi connectivity index (χ1v) is 9.24. The van der Waals surface area contributed by atoms with Crippen LogP contribution >= 0.6 is 0 Å². The van der Waals surface area contributed by atoms with Crippen LogP contribution in [0.25, 0.3) is 0 Å². The minimum absolute atomic E-state index is 0.0743. The Morgan fingerprint density at radius 1 is 1.14 bits per heavy atom. The van der Waals surface area contributed by atoms with Crippen LogP contribution in [0.1, 0.15) is 47.9 Å². The average Bonchev–Trinajstić information content (AvgIpc) is 2.65. The first-order valence-electron chi connectivity index (χ1n) is 9.24. The van der Waals surface area contributed by atoms with Crippen molar-refractivity contribution in [1.29, 1.82) is 0 Å². The molecular formula is C22H21F5O. The smallest absolute Gasteiger partial charge is 0.399 e. The van der Waals surface area contributed by atoms with Gasteiger partial charge in [0, 0.05) is 0 Å². The lowest BCUT2D eigenvalue weighted by Crippen LogP contribution is -2.21. The Hall–Kier alpha value is -2.37. The molecule has 6 heteroatoms. The highest BCUT2D eigenvalue weighted by Crippen LogP contribution is 2.39. The van der Waals surface area contributed by atoms with Gasteiger partial charge in [-0.05, 0) is 73.3 Å². The van der Waals surface area contributed by atoms with E-state index in [9.17, 15) is 22.0 Å². The summed E-state index contributed by atoms with van der Waals surface area (Å²) in [4.78, 5) is 0. The van der Waals surface area contributed by atoms with Crippen molar-refractivity contribution in [3.63, 3.8) is 0 Å². The van der Waals surface area contributed by atoms with Gasteiger partial charge in [-0.1, -0.05) is 36.4 Å². The van der Waals surface area contributed by atoms with Gasteiger partial charge in [0.2, 0.25) is 5.75 Å². The summed E-state index contributed by atoms with van der Waals surface area (Å²) in [7, 11) is 0. The number of ether oxygens (including phenoxy) is 1. The number of fused-ring (bicyclic) bond motifs is 1. The Morgan fingerprint density at radius 2 is 1.86 bits per heavy atom. The molecule has 1 aliphatic rings. The van der Waals surface area contributed by atoms with Gasteiger partial charge in [0.25, 0.3) is 0 Å². The van der Waals surface area contributed by atoms with Crippen LogP contribution in [0.15, 0.2) is 42.5 Å². The molecule has 1 nitrogen and oxygen atoms in total. The van der Waals surface area contributed by atoms with Crippen LogP contribution in [0.3, 0.4) is 0 Å². The van der Waals surface area contributed by atoms with Crippen LogP contribution in [-0.4, -0.2) is 6.36 Å². The van der Waals surface area contributed by atoms with Gasteiger partial charge in [-0.25, -0.2) is 8.78 Å². The molecule has 2 aromatic rings. The zero-order valence-corrected chi connectivity index (χ0v) is 15.5. The van der Waals surface area contributed by atoms with Crippen molar-refractivity contribution >= 4 is 0 Å². The Kier molecular flexibility index (Phi) is 6.06. The van der Waals surface area contributed by atoms with Crippen molar-refractivity contribution in [2.24, 2.45) is 0 Å². The average molecular weight is 396 g/mol. The standard InChI is InChI=1S/C22H21F5O/c1-2-3-4-5-14-6-8-15(9-7-14)16-10-11-18-17(12-16)13-19(23)21(20(18)24)28-22(25,26)27/h2-3,6-9,13,16H,4-5,10-12H2,1H3/b3-2+. The van der Waals surface area contributed by atoms with Crippen LogP contribution in [0.5, 0.6) is 5.75 Å². The monoisotopic (exact) mass is 396 g/mol. The van der Waals surface area contributed by atoms with Gasteiger partial charge in [-0.2, -0.15) is 0 Å². The van der Waals surface area contributed by atoms with Crippen LogP contribution in [-0.2, 0) is 19.3 Å². The van der Waals surface area contributed by atoms with E-state index in [4.69, 9.17) is 0 Å². The maximum atomic E-state index is 14.4. The highest BCUT2D eigenvalue weighted by atomic mass is 19.4. The molecule has 0 radical (unpaired) electrons. The minimum Gasteiger partial charge on any atom is -0.399 e. The van der Waals surface area contributed by atoms with E-state index in [1.807, 2.05) is 25.1 Å². The van der Waals surface area contributed by atoms with Crippen LogP contribution in [0, 0.1) is 11.6 Å². The van der Waals surface area contributed by atoms with Crippen LogP contribution in [0.2, 0.25) is 0 Å². The number of rotatable bonds is 5. The second-order valence-corrected chi connectivity index (χ2v) is 6.98. The third kappa shape index (κ3) is 4.72. The highest BCUT2D eigenvalue weighted by molar-refractivity contribution is 5.42. The quantitative estimate of drug-likeness (QED) is 0.406. The van der Waals surface area contributed by atoms with E-state index in [-0.39, 0.29) is 17.9 Å². The van der Waals surface area contributed by atoms with Gasteiger partial charge in [0.1, 0.15) is 0 Å². The predicted molar refractivity (Wildman–Crippen MR) is 97.4 cm³/mol. The molecule has 0 fully saturated rings. The fourth-order valence-electron chi connectivity index (χ4n) is 3.69. The van der Waals surface area contributed by atoms with Crippen molar-refractivity contribution < 1.29 is 26.7 Å². The predicted octanol–water partition coefficient (Wildman–Crippen LogP) is 6.64. The normalized spacial score (nSPS) is 17.0. The maximum Gasteiger partial charge on any atom is 0.573 e. The summed E-state index contributed by atoms with van der Waals surface area (Å²) in [6.07, 6.45) is 2.09. The first-order chi connectivity index (χ1) is 13.3. The lowest BCUT2D eigenvalue weighted by Gasteiger charge is -2.26. The van der Waals surface area contributed by atoms with Gasteiger partial charge in [0.05, 0.1) is 0 Å². The Morgan fingerprint density at radius 3 is 2.50 bits per heavy atom. The third-order valence-corrected chi connectivity index (χ3v) is 5.08. The highest BCUT2D eigenvalue weighted by Gasteiger charge is 2.36. The van der Waals surface area contributed by atoms with Crippen LogP contribution < -0.4 is 4.74 Å². The van der Waals surface area contributed by atoms with Crippen molar-refractivity contribution in [3.8, 4) is 5.75 Å². The lowest BCUT2D eigenvalue weighted by molar-refractivity contribution is -0.276. The Bertz CT molecular complexity index is 853. The molecule has 0 saturated carbocycles. The van der Waals surface area contributed by atoms with Crippen LogP contribution in [0.4, 0.5) is 22.0 Å². The fraction of sp³-hybridized carbons (Fsp3) is 0.364. The molecule has 0 amide bonds. The molecule has 0 N–H and O–H groups in total. The molecular weight excluding hydrogens is 375 g/mol. The number of halogens is 5. The van der Waals surface area contributed by atoms with Crippen molar-refractivity contribution in [2.45, 2.75) is 51.3 Å². The summed E-state index contributed by atoms with van der Waals surface area (Å²) in [6.45, 7) is 1.98. The van der Waals surface area contributed by atoms with E-state index in [1.165, 1.54) is 5.56 Å². The molecule has 1 atom stereocenters. The molecule has 2 aromatic carbocycles. The van der Waals surface area contributed by atoms with E-state index in [1.54, 1.807) is 0 Å². The molecule has 3 rings (SSSR count). The summed E-state index contributed by atoms with van der Waals surface area (Å²) >= 11 is 0. The number of alkyl halides is 3. The van der Waals surface area contributed by atoms with Gasteiger partial charge in [-0.15, -0.1) is 13.2 Å².